The highest BCUT2D eigenvalue weighted by Gasteiger charge is 2.41. The van der Waals surface area contributed by atoms with Crippen molar-refractivity contribution in [3.63, 3.8) is 0 Å². The number of rotatable bonds is 9. The Hall–Kier alpha value is -0.0800. The van der Waals surface area contributed by atoms with Crippen LogP contribution in [0.5, 0.6) is 0 Å². The monoisotopic (exact) mass is 282 g/mol. The summed E-state index contributed by atoms with van der Waals surface area (Å²) in [7, 11) is 4.47. The Balaban J connectivity index is 2.39. The lowest BCUT2D eigenvalue weighted by atomic mass is 9.70. The molecule has 2 N–H and O–H groups in total. The number of unbranched alkanes of at least 4 members (excludes halogenated alkanes) is 5. The lowest BCUT2D eigenvalue weighted by Crippen LogP contribution is -2.59. The minimum atomic E-state index is 0.265. The van der Waals surface area contributed by atoms with E-state index in [1.54, 1.807) is 0 Å². The molecule has 0 radical (unpaired) electrons. The third-order valence-corrected chi connectivity index (χ3v) is 5.46. The van der Waals surface area contributed by atoms with Crippen LogP contribution in [0.3, 0.4) is 0 Å². The van der Waals surface area contributed by atoms with E-state index < -0.39 is 0 Å². The summed E-state index contributed by atoms with van der Waals surface area (Å²) >= 11 is 0. The van der Waals surface area contributed by atoms with Gasteiger partial charge in [-0.1, -0.05) is 65.2 Å². The molecule has 0 saturated heterocycles. The molecule has 3 unspecified atom stereocenters. The van der Waals surface area contributed by atoms with Crippen molar-refractivity contribution in [1.82, 2.24) is 4.90 Å². The van der Waals surface area contributed by atoms with Crippen LogP contribution in [0.4, 0.5) is 0 Å². The Labute approximate surface area is 127 Å². The summed E-state index contributed by atoms with van der Waals surface area (Å²) in [6, 6.07) is 0.353. The molecule has 0 amide bonds. The van der Waals surface area contributed by atoms with Gasteiger partial charge in [0.15, 0.2) is 0 Å². The van der Waals surface area contributed by atoms with Crippen LogP contribution in [0.1, 0.15) is 84.5 Å². The SMILES string of the molecule is CCCCCCCCC(N)C1(N(C)C)CCCC(C)C1. The smallest absolute Gasteiger partial charge is 0.0356 e. The van der Waals surface area contributed by atoms with Crippen LogP contribution in [0, 0.1) is 5.92 Å². The lowest BCUT2D eigenvalue weighted by molar-refractivity contribution is 0.0468. The van der Waals surface area contributed by atoms with Crippen LogP contribution < -0.4 is 5.73 Å². The van der Waals surface area contributed by atoms with E-state index in [4.69, 9.17) is 5.73 Å². The molecule has 0 bridgehead atoms. The summed E-state index contributed by atoms with van der Waals surface area (Å²) in [5.74, 6) is 0.835. The summed E-state index contributed by atoms with van der Waals surface area (Å²) < 4.78 is 0. The Kier molecular flexibility index (Phi) is 8.13. The first-order valence-corrected chi connectivity index (χ1v) is 8.96. The molecule has 0 aromatic rings. The minimum absolute atomic E-state index is 0.265. The average molecular weight is 283 g/mol. The number of likely N-dealkylation sites (N-methyl/N-ethyl adjacent to an activating group) is 1. The molecule has 1 rings (SSSR count). The molecule has 2 nitrogen and oxygen atoms in total. The summed E-state index contributed by atoms with van der Waals surface area (Å²) in [5, 5.41) is 0. The van der Waals surface area contributed by atoms with Crippen LogP contribution in [0.2, 0.25) is 0 Å². The van der Waals surface area contributed by atoms with Gasteiger partial charge in [-0.2, -0.15) is 0 Å². The summed E-state index contributed by atoms with van der Waals surface area (Å²) in [6.45, 7) is 4.68. The zero-order chi connectivity index (χ0) is 15.0. The van der Waals surface area contributed by atoms with Crippen molar-refractivity contribution < 1.29 is 0 Å². The Morgan fingerprint density at radius 1 is 1.15 bits per heavy atom. The van der Waals surface area contributed by atoms with Crippen molar-refractivity contribution >= 4 is 0 Å². The summed E-state index contributed by atoms with van der Waals surface area (Å²) in [4.78, 5) is 2.43. The van der Waals surface area contributed by atoms with Crippen LogP contribution in [0.15, 0.2) is 0 Å². The van der Waals surface area contributed by atoms with E-state index in [0.717, 1.165) is 5.92 Å². The third kappa shape index (κ3) is 5.04. The number of nitrogens with two attached hydrogens (primary N) is 1. The number of nitrogens with zero attached hydrogens (tertiary/aromatic N) is 1. The second kappa shape index (κ2) is 9.04. The van der Waals surface area contributed by atoms with Crippen LogP contribution in [-0.2, 0) is 0 Å². The van der Waals surface area contributed by atoms with E-state index in [9.17, 15) is 0 Å². The molecule has 1 fully saturated rings. The van der Waals surface area contributed by atoms with Crippen molar-refractivity contribution in [3.8, 4) is 0 Å². The first kappa shape index (κ1) is 18.0. The van der Waals surface area contributed by atoms with E-state index in [1.165, 1.54) is 70.6 Å². The van der Waals surface area contributed by atoms with Gasteiger partial charge in [0, 0.05) is 11.6 Å². The van der Waals surface area contributed by atoms with Gasteiger partial charge in [-0.25, -0.2) is 0 Å². The lowest BCUT2D eigenvalue weighted by Gasteiger charge is -2.49. The molecular weight excluding hydrogens is 244 g/mol. The second-order valence-electron chi connectivity index (χ2n) is 7.36. The minimum Gasteiger partial charge on any atom is -0.326 e. The zero-order valence-electron chi connectivity index (χ0n) is 14.5. The van der Waals surface area contributed by atoms with Gasteiger partial charge in [-0.05, 0) is 39.3 Å². The molecule has 1 saturated carbocycles. The molecule has 120 valence electrons. The molecule has 0 spiro atoms. The van der Waals surface area contributed by atoms with Crippen molar-refractivity contribution in [2.45, 2.75) is 96.1 Å². The molecule has 0 aromatic carbocycles. The van der Waals surface area contributed by atoms with Crippen molar-refractivity contribution in [2.75, 3.05) is 14.1 Å². The Morgan fingerprint density at radius 2 is 1.80 bits per heavy atom. The van der Waals surface area contributed by atoms with Gasteiger partial charge in [0.2, 0.25) is 0 Å². The fraction of sp³-hybridized carbons (Fsp3) is 1.00. The van der Waals surface area contributed by atoms with Gasteiger partial charge < -0.3 is 10.6 Å². The highest BCUT2D eigenvalue weighted by atomic mass is 15.2. The van der Waals surface area contributed by atoms with Crippen molar-refractivity contribution in [3.05, 3.63) is 0 Å². The van der Waals surface area contributed by atoms with Gasteiger partial charge in [0.05, 0.1) is 0 Å². The van der Waals surface area contributed by atoms with Crippen LogP contribution in [0.25, 0.3) is 0 Å². The second-order valence-corrected chi connectivity index (χ2v) is 7.36. The molecule has 0 aromatic heterocycles. The number of hydrogen-bond donors (Lipinski definition) is 1. The van der Waals surface area contributed by atoms with Crippen molar-refractivity contribution in [1.29, 1.82) is 0 Å². The van der Waals surface area contributed by atoms with E-state index in [0.29, 0.717) is 6.04 Å². The standard InChI is InChI=1S/C18H38N2/c1-5-6-7-8-9-10-13-17(19)18(20(3)4)14-11-12-16(2)15-18/h16-17H,5-15,19H2,1-4H3. The first-order valence-electron chi connectivity index (χ1n) is 8.96. The maximum absolute atomic E-state index is 6.65. The molecule has 3 atom stereocenters. The van der Waals surface area contributed by atoms with Gasteiger partial charge >= 0.3 is 0 Å². The van der Waals surface area contributed by atoms with Crippen LogP contribution >= 0.6 is 0 Å². The predicted molar refractivity (Wildman–Crippen MR) is 90.0 cm³/mol. The number of hydrogen-bond acceptors (Lipinski definition) is 2. The molecular formula is C18H38N2. The fourth-order valence-electron chi connectivity index (χ4n) is 4.05. The molecule has 20 heavy (non-hydrogen) atoms. The maximum atomic E-state index is 6.65. The highest BCUT2D eigenvalue weighted by molar-refractivity contribution is 5.00. The average Bonchev–Trinajstić information content (AvgIpc) is 2.42. The zero-order valence-corrected chi connectivity index (χ0v) is 14.5. The van der Waals surface area contributed by atoms with E-state index in [-0.39, 0.29) is 5.54 Å². The van der Waals surface area contributed by atoms with Crippen molar-refractivity contribution in [2.24, 2.45) is 11.7 Å². The topological polar surface area (TPSA) is 29.3 Å². The summed E-state index contributed by atoms with van der Waals surface area (Å²) in [5.41, 5.74) is 6.91. The van der Waals surface area contributed by atoms with Gasteiger partial charge in [0.1, 0.15) is 0 Å². The first-order chi connectivity index (χ1) is 9.53. The van der Waals surface area contributed by atoms with Gasteiger partial charge in [-0.15, -0.1) is 0 Å². The quantitative estimate of drug-likeness (QED) is 0.627. The highest BCUT2D eigenvalue weighted by Crippen LogP contribution is 2.38. The van der Waals surface area contributed by atoms with E-state index >= 15 is 0 Å². The van der Waals surface area contributed by atoms with E-state index in [1.807, 2.05) is 0 Å². The molecule has 0 aliphatic heterocycles. The normalized spacial score (nSPS) is 28.8. The van der Waals surface area contributed by atoms with Gasteiger partial charge in [-0.3, -0.25) is 0 Å². The Bertz CT molecular complexity index is 252. The Morgan fingerprint density at radius 3 is 2.40 bits per heavy atom. The molecule has 1 aliphatic carbocycles. The third-order valence-electron chi connectivity index (χ3n) is 5.46. The largest absolute Gasteiger partial charge is 0.326 e. The predicted octanol–water partition coefficient (Wildman–Crippen LogP) is 4.57. The molecule has 1 aliphatic rings. The summed E-state index contributed by atoms with van der Waals surface area (Å²) in [6.07, 6.45) is 14.7. The molecule has 2 heteroatoms. The molecule has 0 heterocycles. The van der Waals surface area contributed by atoms with Crippen LogP contribution in [-0.4, -0.2) is 30.6 Å². The van der Waals surface area contributed by atoms with Gasteiger partial charge in [0.25, 0.3) is 0 Å². The maximum Gasteiger partial charge on any atom is 0.0356 e. The fourth-order valence-corrected chi connectivity index (χ4v) is 4.05. The van der Waals surface area contributed by atoms with E-state index in [2.05, 4.69) is 32.8 Å².